The van der Waals surface area contributed by atoms with E-state index < -0.39 is 5.97 Å². The van der Waals surface area contributed by atoms with Gasteiger partial charge in [0.25, 0.3) is 0 Å². The molecular weight excluding hydrogens is 294 g/mol. The van der Waals surface area contributed by atoms with Crippen LogP contribution in [0.2, 0.25) is 5.02 Å². The number of hydrogen-bond acceptors (Lipinski definition) is 5. The van der Waals surface area contributed by atoms with Crippen molar-refractivity contribution in [1.29, 1.82) is 0 Å². The van der Waals surface area contributed by atoms with Crippen LogP contribution >= 0.6 is 11.6 Å². The molecule has 1 fully saturated rings. The van der Waals surface area contributed by atoms with E-state index in [0.29, 0.717) is 29.4 Å². The Morgan fingerprint density at radius 1 is 1.33 bits per heavy atom. The molecule has 1 heterocycles. The highest BCUT2D eigenvalue weighted by atomic mass is 35.5. The Labute approximate surface area is 126 Å². The van der Waals surface area contributed by atoms with Crippen LogP contribution in [0.4, 0.5) is 0 Å². The summed E-state index contributed by atoms with van der Waals surface area (Å²) in [6, 6.07) is 7.42. The quantitative estimate of drug-likeness (QED) is 0.883. The number of benzene rings is 1. The van der Waals surface area contributed by atoms with Gasteiger partial charge in [0, 0.05) is 16.6 Å². The minimum atomic E-state index is -0.848. The highest BCUT2D eigenvalue weighted by Gasteiger charge is 2.31. The SMILES string of the molecule is O=C(O)CN(Cc1nnc(-c2ccc(Cl)cc2)o1)C1CC1. The third kappa shape index (κ3) is 3.59. The van der Waals surface area contributed by atoms with E-state index in [9.17, 15) is 4.79 Å². The Kier molecular flexibility index (Phi) is 3.90. The standard InChI is InChI=1S/C14H14ClN3O3/c15-10-3-1-9(2-4-10)14-17-16-12(21-14)7-18(8-13(19)20)11-5-6-11/h1-4,11H,5-8H2,(H,19,20). The lowest BCUT2D eigenvalue weighted by molar-refractivity contribution is -0.138. The molecule has 3 rings (SSSR count). The zero-order valence-electron chi connectivity index (χ0n) is 11.2. The lowest BCUT2D eigenvalue weighted by Crippen LogP contribution is -2.31. The molecule has 1 aliphatic carbocycles. The molecule has 0 amide bonds. The molecule has 2 aromatic rings. The van der Waals surface area contributed by atoms with Crippen molar-refractivity contribution in [2.45, 2.75) is 25.4 Å². The Bertz CT molecular complexity index is 637. The molecule has 0 unspecified atom stereocenters. The number of carboxylic acids is 1. The second-order valence-corrected chi connectivity index (χ2v) is 5.47. The van der Waals surface area contributed by atoms with Gasteiger partial charge in [-0.25, -0.2) is 0 Å². The number of carbonyl (C=O) groups is 1. The van der Waals surface area contributed by atoms with E-state index in [4.69, 9.17) is 21.1 Å². The van der Waals surface area contributed by atoms with Crippen LogP contribution in [-0.4, -0.2) is 38.8 Å². The van der Waals surface area contributed by atoms with Gasteiger partial charge in [0.05, 0.1) is 13.1 Å². The molecule has 0 radical (unpaired) electrons. The first kappa shape index (κ1) is 14.0. The number of nitrogens with zero attached hydrogens (tertiary/aromatic N) is 3. The summed E-state index contributed by atoms with van der Waals surface area (Å²) in [5.41, 5.74) is 0.786. The lowest BCUT2D eigenvalue weighted by atomic mass is 10.2. The van der Waals surface area contributed by atoms with Gasteiger partial charge >= 0.3 is 5.97 Å². The first-order valence-corrected chi connectivity index (χ1v) is 7.04. The molecule has 0 atom stereocenters. The zero-order valence-corrected chi connectivity index (χ0v) is 12.0. The van der Waals surface area contributed by atoms with E-state index in [0.717, 1.165) is 18.4 Å². The molecule has 1 N–H and O–H groups in total. The molecule has 1 aliphatic rings. The van der Waals surface area contributed by atoms with Crippen LogP contribution in [0.15, 0.2) is 28.7 Å². The Balaban J connectivity index is 1.72. The normalized spacial score (nSPS) is 14.6. The van der Waals surface area contributed by atoms with Crippen LogP contribution in [0.25, 0.3) is 11.5 Å². The fourth-order valence-electron chi connectivity index (χ4n) is 2.13. The van der Waals surface area contributed by atoms with Crippen LogP contribution in [0.3, 0.4) is 0 Å². The zero-order chi connectivity index (χ0) is 14.8. The topological polar surface area (TPSA) is 79.5 Å². The van der Waals surface area contributed by atoms with Crippen molar-refractivity contribution < 1.29 is 14.3 Å². The number of halogens is 1. The van der Waals surface area contributed by atoms with E-state index >= 15 is 0 Å². The monoisotopic (exact) mass is 307 g/mol. The molecule has 0 bridgehead atoms. The number of aliphatic carboxylic acids is 1. The second-order valence-electron chi connectivity index (χ2n) is 5.04. The second kappa shape index (κ2) is 5.83. The summed E-state index contributed by atoms with van der Waals surface area (Å²) in [6.07, 6.45) is 2.04. The fraction of sp³-hybridized carbons (Fsp3) is 0.357. The van der Waals surface area contributed by atoms with Crippen molar-refractivity contribution >= 4 is 17.6 Å². The molecule has 7 heteroatoms. The minimum absolute atomic E-state index is 0.0106. The van der Waals surface area contributed by atoms with Crippen molar-refractivity contribution in [3.8, 4) is 11.5 Å². The summed E-state index contributed by atoms with van der Waals surface area (Å²) in [5, 5.41) is 17.5. The number of aromatic nitrogens is 2. The molecule has 110 valence electrons. The largest absolute Gasteiger partial charge is 0.480 e. The molecule has 0 saturated heterocycles. The highest BCUT2D eigenvalue weighted by Crippen LogP contribution is 2.28. The van der Waals surface area contributed by atoms with E-state index in [1.54, 1.807) is 24.3 Å². The first-order chi connectivity index (χ1) is 10.1. The third-order valence-electron chi connectivity index (χ3n) is 3.30. The van der Waals surface area contributed by atoms with Crippen molar-refractivity contribution in [2.24, 2.45) is 0 Å². The smallest absolute Gasteiger partial charge is 0.317 e. The van der Waals surface area contributed by atoms with Crippen molar-refractivity contribution in [2.75, 3.05) is 6.54 Å². The Morgan fingerprint density at radius 2 is 2.05 bits per heavy atom. The van der Waals surface area contributed by atoms with Crippen LogP contribution in [0, 0.1) is 0 Å². The van der Waals surface area contributed by atoms with Gasteiger partial charge < -0.3 is 9.52 Å². The van der Waals surface area contributed by atoms with Gasteiger partial charge in [-0.15, -0.1) is 10.2 Å². The van der Waals surface area contributed by atoms with Gasteiger partial charge in [0.2, 0.25) is 11.8 Å². The van der Waals surface area contributed by atoms with Crippen LogP contribution in [0.5, 0.6) is 0 Å². The molecule has 0 aliphatic heterocycles. The van der Waals surface area contributed by atoms with Crippen molar-refractivity contribution in [1.82, 2.24) is 15.1 Å². The number of hydrogen-bond donors (Lipinski definition) is 1. The molecule has 1 aromatic heterocycles. The average Bonchev–Trinajstić information content (AvgIpc) is 3.19. The highest BCUT2D eigenvalue weighted by molar-refractivity contribution is 6.30. The summed E-state index contributed by atoms with van der Waals surface area (Å²) in [5.74, 6) is -0.0137. The summed E-state index contributed by atoms with van der Waals surface area (Å²) in [7, 11) is 0. The van der Waals surface area contributed by atoms with Crippen LogP contribution in [-0.2, 0) is 11.3 Å². The van der Waals surface area contributed by atoms with E-state index in [2.05, 4.69) is 10.2 Å². The molecule has 6 nitrogen and oxygen atoms in total. The molecule has 21 heavy (non-hydrogen) atoms. The van der Waals surface area contributed by atoms with Gasteiger partial charge in [-0.3, -0.25) is 9.69 Å². The molecule has 0 spiro atoms. The molecule has 1 saturated carbocycles. The van der Waals surface area contributed by atoms with Gasteiger partial charge in [0.1, 0.15) is 0 Å². The summed E-state index contributed by atoms with van der Waals surface area (Å²) >= 11 is 5.83. The molecular formula is C14H14ClN3O3. The summed E-state index contributed by atoms with van der Waals surface area (Å²) < 4.78 is 5.60. The lowest BCUT2D eigenvalue weighted by Gasteiger charge is -2.16. The van der Waals surface area contributed by atoms with E-state index in [-0.39, 0.29) is 6.54 Å². The fourth-order valence-corrected chi connectivity index (χ4v) is 2.25. The maximum absolute atomic E-state index is 10.9. The molecule has 1 aromatic carbocycles. The van der Waals surface area contributed by atoms with Crippen molar-refractivity contribution in [3.63, 3.8) is 0 Å². The minimum Gasteiger partial charge on any atom is -0.480 e. The van der Waals surface area contributed by atoms with Gasteiger partial charge in [-0.05, 0) is 37.1 Å². The maximum Gasteiger partial charge on any atom is 0.317 e. The Hall–Kier alpha value is -1.92. The predicted molar refractivity (Wildman–Crippen MR) is 75.8 cm³/mol. The Morgan fingerprint density at radius 3 is 2.67 bits per heavy atom. The van der Waals surface area contributed by atoms with Crippen LogP contribution in [0.1, 0.15) is 18.7 Å². The van der Waals surface area contributed by atoms with Crippen LogP contribution < -0.4 is 0 Å². The maximum atomic E-state index is 10.9. The van der Waals surface area contributed by atoms with Crippen molar-refractivity contribution in [3.05, 3.63) is 35.2 Å². The average molecular weight is 308 g/mol. The first-order valence-electron chi connectivity index (χ1n) is 6.66. The number of carboxylic acid groups (broad SMARTS) is 1. The predicted octanol–water partition coefficient (Wildman–Crippen LogP) is 2.44. The third-order valence-corrected chi connectivity index (χ3v) is 3.55. The van der Waals surface area contributed by atoms with E-state index in [1.165, 1.54) is 0 Å². The number of rotatable bonds is 6. The summed E-state index contributed by atoms with van der Waals surface area (Å²) in [6.45, 7) is 0.348. The summed E-state index contributed by atoms with van der Waals surface area (Å²) in [4.78, 5) is 12.7. The van der Waals surface area contributed by atoms with E-state index in [1.807, 2.05) is 4.90 Å². The van der Waals surface area contributed by atoms with Gasteiger partial charge in [-0.1, -0.05) is 11.6 Å². The van der Waals surface area contributed by atoms with Gasteiger partial charge in [-0.2, -0.15) is 0 Å². The van der Waals surface area contributed by atoms with Gasteiger partial charge in [0.15, 0.2) is 0 Å².